The van der Waals surface area contributed by atoms with Gasteiger partial charge in [0.15, 0.2) is 5.96 Å². The molecule has 0 amide bonds. The molecule has 0 fully saturated rings. The third-order valence-corrected chi connectivity index (χ3v) is 4.11. The maximum Gasteiger partial charge on any atom is 0.191 e. The van der Waals surface area contributed by atoms with Gasteiger partial charge in [-0.25, -0.2) is 4.68 Å². The number of aliphatic imine (C=N–C) groups is 1. The Bertz CT molecular complexity index is 677. The van der Waals surface area contributed by atoms with Crippen LogP contribution in [-0.2, 0) is 6.54 Å². The van der Waals surface area contributed by atoms with Crippen LogP contribution in [0.1, 0.15) is 37.2 Å². The molecule has 25 heavy (non-hydrogen) atoms. The average Bonchev–Trinajstić information content (AvgIpc) is 2.86. The number of aromatic nitrogens is 2. The van der Waals surface area contributed by atoms with Gasteiger partial charge in [0.2, 0.25) is 0 Å². The van der Waals surface area contributed by atoms with Gasteiger partial charge in [-0.2, -0.15) is 5.10 Å². The summed E-state index contributed by atoms with van der Waals surface area (Å²) in [6.45, 7) is 10.3. The van der Waals surface area contributed by atoms with Gasteiger partial charge in [-0.15, -0.1) is 24.0 Å². The number of halogens is 1. The van der Waals surface area contributed by atoms with Gasteiger partial charge in [0.1, 0.15) is 0 Å². The molecule has 138 valence electrons. The van der Waals surface area contributed by atoms with Gasteiger partial charge >= 0.3 is 0 Å². The molecule has 6 heteroatoms. The predicted octanol–water partition coefficient (Wildman–Crippen LogP) is 3.82. The lowest BCUT2D eigenvalue weighted by molar-refractivity contribution is 0.573. The number of rotatable bonds is 6. The standard InChI is InChI=1S/C19H29N5.HI/c1-14(2)11-12-21-19(20-5)22-13-18-15(3)23-24(16(18)4)17-9-7-6-8-10-17;/h6-10,14H,11-13H2,1-5H3,(H2,20,21,22);1H. The number of benzene rings is 1. The number of aryl methyl sites for hydroxylation is 1. The molecule has 1 heterocycles. The summed E-state index contributed by atoms with van der Waals surface area (Å²) in [6.07, 6.45) is 1.13. The molecule has 2 N–H and O–H groups in total. The summed E-state index contributed by atoms with van der Waals surface area (Å²) in [5.41, 5.74) is 4.50. The van der Waals surface area contributed by atoms with Crippen molar-refractivity contribution in [2.45, 2.75) is 40.7 Å². The maximum absolute atomic E-state index is 4.69. The minimum Gasteiger partial charge on any atom is -0.356 e. The van der Waals surface area contributed by atoms with Crippen molar-refractivity contribution in [2.75, 3.05) is 13.6 Å². The van der Waals surface area contributed by atoms with E-state index in [-0.39, 0.29) is 24.0 Å². The molecule has 1 aromatic carbocycles. The molecule has 0 radical (unpaired) electrons. The summed E-state index contributed by atoms with van der Waals surface area (Å²) >= 11 is 0. The molecule has 0 aliphatic heterocycles. The molecular weight excluding hydrogens is 425 g/mol. The lowest BCUT2D eigenvalue weighted by Gasteiger charge is -2.13. The Kier molecular flexibility index (Phi) is 8.96. The molecule has 0 saturated heterocycles. The van der Waals surface area contributed by atoms with E-state index in [0.29, 0.717) is 12.5 Å². The number of hydrogen-bond acceptors (Lipinski definition) is 2. The van der Waals surface area contributed by atoms with Crippen molar-refractivity contribution in [2.24, 2.45) is 10.9 Å². The zero-order valence-electron chi connectivity index (χ0n) is 15.8. The largest absolute Gasteiger partial charge is 0.356 e. The Morgan fingerprint density at radius 2 is 1.84 bits per heavy atom. The van der Waals surface area contributed by atoms with Crippen molar-refractivity contribution in [1.82, 2.24) is 20.4 Å². The summed E-state index contributed by atoms with van der Waals surface area (Å²) in [5, 5.41) is 11.4. The van der Waals surface area contributed by atoms with Crippen molar-refractivity contribution in [1.29, 1.82) is 0 Å². The quantitative estimate of drug-likeness (QED) is 0.396. The van der Waals surface area contributed by atoms with Gasteiger partial charge in [-0.1, -0.05) is 32.0 Å². The maximum atomic E-state index is 4.69. The molecule has 0 saturated carbocycles. The van der Waals surface area contributed by atoms with Crippen LogP contribution in [0.25, 0.3) is 5.69 Å². The molecule has 2 rings (SSSR count). The summed E-state index contributed by atoms with van der Waals surface area (Å²) < 4.78 is 2.00. The van der Waals surface area contributed by atoms with E-state index >= 15 is 0 Å². The Balaban J connectivity index is 0.00000312. The smallest absolute Gasteiger partial charge is 0.191 e. The first-order chi connectivity index (χ1) is 11.5. The Labute approximate surface area is 168 Å². The molecule has 0 bridgehead atoms. The summed E-state index contributed by atoms with van der Waals surface area (Å²) in [4.78, 5) is 4.29. The van der Waals surface area contributed by atoms with Crippen LogP contribution >= 0.6 is 24.0 Å². The van der Waals surface area contributed by atoms with Crippen molar-refractivity contribution in [3.8, 4) is 5.69 Å². The van der Waals surface area contributed by atoms with Crippen molar-refractivity contribution in [3.63, 3.8) is 0 Å². The van der Waals surface area contributed by atoms with Gasteiger partial charge in [0, 0.05) is 31.4 Å². The summed E-state index contributed by atoms with van der Waals surface area (Å²) in [7, 11) is 1.80. The van der Waals surface area contributed by atoms with E-state index in [9.17, 15) is 0 Å². The molecule has 0 spiro atoms. The SMILES string of the molecule is CN=C(NCCC(C)C)NCc1c(C)nn(-c2ccccc2)c1C.I. The Morgan fingerprint density at radius 1 is 1.16 bits per heavy atom. The van der Waals surface area contributed by atoms with Gasteiger partial charge in [-0.05, 0) is 38.3 Å². The molecule has 0 aliphatic carbocycles. The van der Waals surface area contributed by atoms with Crippen molar-refractivity contribution < 1.29 is 0 Å². The molecule has 0 atom stereocenters. The average molecular weight is 455 g/mol. The van der Waals surface area contributed by atoms with Crippen LogP contribution in [-0.4, -0.2) is 29.3 Å². The highest BCUT2D eigenvalue weighted by atomic mass is 127. The predicted molar refractivity (Wildman–Crippen MR) is 116 cm³/mol. The number of nitrogens with zero attached hydrogens (tertiary/aromatic N) is 3. The third-order valence-electron chi connectivity index (χ3n) is 4.11. The highest BCUT2D eigenvalue weighted by Crippen LogP contribution is 2.17. The van der Waals surface area contributed by atoms with Gasteiger partial charge in [0.25, 0.3) is 0 Å². The Hall–Kier alpha value is -1.57. The second-order valence-electron chi connectivity index (χ2n) is 6.43. The highest BCUT2D eigenvalue weighted by molar-refractivity contribution is 14.0. The second-order valence-corrected chi connectivity index (χ2v) is 6.43. The van der Waals surface area contributed by atoms with E-state index in [4.69, 9.17) is 0 Å². The molecule has 0 aliphatic rings. The molecule has 5 nitrogen and oxygen atoms in total. The lowest BCUT2D eigenvalue weighted by atomic mass is 10.1. The monoisotopic (exact) mass is 455 g/mol. The number of nitrogens with one attached hydrogen (secondary N) is 2. The lowest BCUT2D eigenvalue weighted by Crippen LogP contribution is -2.37. The Morgan fingerprint density at radius 3 is 2.44 bits per heavy atom. The van der Waals surface area contributed by atoms with Gasteiger partial charge in [-0.3, -0.25) is 4.99 Å². The number of para-hydroxylation sites is 1. The van der Waals surface area contributed by atoms with E-state index in [1.54, 1.807) is 7.05 Å². The topological polar surface area (TPSA) is 54.2 Å². The first kappa shape index (κ1) is 21.5. The first-order valence-corrected chi connectivity index (χ1v) is 8.58. The van der Waals surface area contributed by atoms with E-state index in [1.807, 2.05) is 22.9 Å². The van der Waals surface area contributed by atoms with Crippen LogP contribution in [0.15, 0.2) is 35.3 Å². The van der Waals surface area contributed by atoms with Crippen LogP contribution in [0.3, 0.4) is 0 Å². The minimum atomic E-state index is 0. The van der Waals surface area contributed by atoms with Gasteiger partial charge < -0.3 is 10.6 Å². The molecular formula is C19H30IN5. The van der Waals surface area contributed by atoms with E-state index < -0.39 is 0 Å². The minimum absolute atomic E-state index is 0. The third kappa shape index (κ3) is 6.02. The van der Waals surface area contributed by atoms with Crippen LogP contribution < -0.4 is 10.6 Å². The van der Waals surface area contributed by atoms with Crippen LogP contribution in [0.5, 0.6) is 0 Å². The highest BCUT2D eigenvalue weighted by Gasteiger charge is 2.13. The van der Waals surface area contributed by atoms with Crippen molar-refractivity contribution in [3.05, 3.63) is 47.3 Å². The van der Waals surface area contributed by atoms with E-state index in [1.165, 1.54) is 5.56 Å². The molecule has 1 aromatic heterocycles. The fraction of sp³-hybridized carbons (Fsp3) is 0.474. The fourth-order valence-electron chi connectivity index (χ4n) is 2.62. The normalized spacial score (nSPS) is 11.4. The zero-order valence-corrected chi connectivity index (χ0v) is 18.2. The second kappa shape index (κ2) is 10.4. The molecule has 0 unspecified atom stereocenters. The number of hydrogen-bond donors (Lipinski definition) is 2. The fourth-order valence-corrected chi connectivity index (χ4v) is 2.62. The molecule has 2 aromatic rings. The summed E-state index contributed by atoms with van der Waals surface area (Å²) in [6, 6.07) is 10.2. The van der Waals surface area contributed by atoms with Crippen LogP contribution in [0.4, 0.5) is 0 Å². The summed E-state index contributed by atoms with van der Waals surface area (Å²) in [5.74, 6) is 1.52. The van der Waals surface area contributed by atoms with Crippen LogP contribution in [0, 0.1) is 19.8 Å². The van der Waals surface area contributed by atoms with E-state index in [0.717, 1.165) is 36.0 Å². The first-order valence-electron chi connectivity index (χ1n) is 8.58. The van der Waals surface area contributed by atoms with Crippen LogP contribution in [0.2, 0.25) is 0 Å². The van der Waals surface area contributed by atoms with Gasteiger partial charge in [0.05, 0.1) is 11.4 Å². The van der Waals surface area contributed by atoms with Crippen molar-refractivity contribution >= 4 is 29.9 Å². The number of guanidine groups is 1. The van der Waals surface area contributed by atoms with E-state index in [2.05, 4.69) is 60.6 Å². The zero-order chi connectivity index (χ0) is 17.5.